The van der Waals surface area contributed by atoms with Crippen molar-refractivity contribution in [3.63, 3.8) is 0 Å². The van der Waals surface area contributed by atoms with Crippen LogP contribution in [0.5, 0.6) is 0 Å². The van der Waals surface area contributed by atoms with Gasteiger partial charge in [-0.25, -0.2) is 4.68 Å². The quantitative estimate of drug-likeness (QED) is 0.582. The zero-order valence-electron chi connectivity index (χ0n) is 14.1. The molecular weight excluding hydrogens is 308 g/mol. The lowest BCUT2D eigenvalue weighted by molar-refractivity contribution is 0.548. The Hall–Kier alpha value is -3.14. The monoisotopic (exact) mass is 328 g/mol. The first-order valence-electron chi connectivity index (χ1n) is 8.46. The molecule has 0 aliphatic heterocycles. The van der Waals surface area contributed by atoms with Gasteiger partial charge < -0.3 is 5.32 Å². The van der Waals surface area contributed by atoms with Crippen LogP contribution in [0, 0.1) is 6.92 Å². The summed E-state index contributed by atoms with van der Waals surface area (Å²) in [7, 11) is 0. The van der Waals surface area contributed by atoms with Gasteiger partial charge in [-0.05, 0) is 36.8 Å². The molecule has 1 N–H and O–H groups in total. The largest absolute Gasteiger partial charge is 0.376 e. The molecule has 0 aliphatic carbocycles. The molecule has 124 valence electrons. The first-order chi connectivity index (χ1) is 12.3. The van der Waals surface area contributed by atoms with Crippen LogP contribution in [-0.4, -0.2) is 15.0 Å². The lowest BCUT2D eigenvalue weighted by atomic mass is 10.1. The number of hydrogen-bond acceptors (Lipinski definition) is 3. The van der Waals surface area contributed by atoms with Crippen molar-refractivity contribution in [2.45, 2.75) is 19.5 Å². The van der Waals surface area contributed by atoms with Crippen LogP contribution >= 0.6 is 0 Å². The van der Waals surface area contributed by atoms with Crippen molar-refractivity contribution in [3.8, 4) is 0 Å². The molecule has 0 amide bonds. The second-order valence-corrected chi connectivity index (χ2v) is 6.23. The fourth-order valence-corrected chi connectivity index (χ4v) is 3.00. The van der Waals surface area contributed by atoms with Gasteiger partial charge in [-0.15, -0.1) is 5.10 Å². The van der Waals surface area contributed by atoms with Crippen molar-refractivity contribution >= 4 is 16.7 Å². The highest BCUT2D eigenvalue weighted by Gasteiger charge is 2.14. The molecule has 25 heavy (non-hydrogen) atoms. The minimum atomic E-state index is 0.106. The van der Waals surface area contributed by atoms with E-state index in [0.717, 1.165) is 16.7 Å². The SMILES string of the molecule is Cc1ccc(NC(Cn2nnc3ccccc32)c2ccccc2)cc1. The highest BCUT2D eigenvalue weighted by molar-refractivity contribution is 5.73. The van der Waals surface area contributed by atoms with Crippen molar-refractivity contribution in [3.05, 3.63) is 90.0 Å². The summed E-state index contributed by atoms with van der Waals surface area (Å²) < 4.78 is 1.97. The average Bonchev–Trinajstić information content (AvgIpc) is 3.07. The molecule has 0 fully saturated rings. The van der Waals surface area contributed by atoms with Crippen molar-refractivity contribution in [1.82, 2.24) is 15.0 Å². The van der Waals surface area contributed by atoms with Gasteiger partial charge >= 0.3 is 0 Å². The molecule has 4 heteroatoms. The molecule has 0 aliphatic rings. The molecule has 0 bridgehead atoms. The van der Waals surface area contributed by atoms with Gasteiger partial charge in [0.1, 0.15) is 5.52 Å². The lowest BCUT2D eigenvalue weighted by Gasteiger charge is -2.21. The molecule has 4 aromatic rings. The molecule has 4 rings (SSSR count). The van der Waals surface area contributed by atoms with Crippen LogP contribution in [0.2, 0.25) is 0 Å². The summed E-state index contributed by atoms with van der Waals surface area (Å²) in [4.78, 5) is 0. The highest BCUT2D eigenvalue weighted by atomic mass is 15.4. The minimum Gasteiger partial charge on any atom is -0.376 e. The minimum absolute atomic E-state index is 0.106. The second kappa shape index (κ2) is 6.77. The van der Waals surface area contributed by atoms with Gasteiger partial charge in [0.05, 0.1) is 18.1 Å². The number of fused-ring (bicyclic) bond motifs is 1. The number of hydrogen-bond donors (Lipinski definition) is 1. The van der Waals surface area contributed by atoms with E-state index in [9.17, 15) is 0 Å². The van der Waals surface area contributed by atoms with E-state index in [-0.39, 0.29) is 6.04 Å². The molecule has 0 saturated carbocycles. The fraction of sp³-hybridized carbons (Fsp3) is 0.143. The summed E-state index contributed by atoms with van der Waals surface area (Å²) in [5, 5.41) is 12.2. The van der Waals surface area contributed by atoms with Crippen LogP contribution < -0.4 is 5.32 Å². The Balaban J connectivity index is 1.66. The van der Waals surface area contributed by atoms with Gasteiger partial charge in [-0.2, -0.15) is 0 Å². The summed E-state index contributed by atoms with van der Waals surface area (Å²) in [6, 6.07) is 27.1. The Kier molecular flexibility index (Phi) is 4.17. The Morgan fingerprint density at radius 3 is 2.40 bits per heavy atom. The molecule has 0 spiro atoms. The second-order valence-electron chi connectivity index (χ2n) is 6.23. The predicted molar refractivity (Wildman–Crippen MR) is 102 cm³/mol. The van der Waals surface area contributed by atoms with Gasteiger partial charge in [-0.1, -0.05) is 65.4 Å². The van der Waals surface area contributed by atoms with Crippen molar-refractivity contribution in [1.29, 1.82) is 0 Å². The van der Waals surface area contributed by atoms with Crippen LogP contribution in [0.3, 0.4) is 0 Å². The Bertz CT molecular complexity index is 958. The number of para-hydroxylation sites is 1. The van der Waals surface area contributed by atoms with Crippen LogP contribution in [0.15, 0.2) is 78.9 Å². The van der Waals surface area contributed by atoms with E-state index in [1.807, 2.05) is 28.9 Å². The summed E-state index contributed by atoms with van der Waals surface area (Å²) >= 11 is 0. The lowest BCUT2D eigenvalue weighted by Crippen LogP contribution is -2.18. The van der Waals surface area contributed by atoms with Crippen LogP contribution in [-0.2, 0) is 6.54 Å². The third kappa shape index (κ3) is 3.38. The standard InChI is InChI=1S/C21H20N4/c1-16-11-13-18(14-12-16)22-20(17-7-3-2-4-8-17)15-25-21-10-6-5-9-19(21)23-24-25/h2-14,20,22H,15H2,1H3. The number of aryl methyl sites for hydroxylation is 1. The Morgan fingerprint density at radius 1 is 0.880 bits per heavy atom. The van der Waals surface area contributed by atoms with Crippen LogP contribution in [0.25, 0.3) is 11.0 Å². The van der Waals surface area contributed by atoms with Crippen LogP contribution in [0.4, 0.5) is 5.69 Å². The number of anilines is 1. The smallest absolute Gasteiger partial charge is 0.113 e. The predicted octanol–water partition coefficient (Wildman–Crippen LogP) is 4.59. The van der Waals surface area contributed by atoms with E-state index >= 15 is 0 Å². The number of benzene rings is 3. The summed E-state index contributed by atoms with van der Waals surface area (Å²) in [5.74, 6) is 0. The Morgan fingerprint density at radius 2 is 1.60 bits per heavy atom. The normalized spacial score (nSPS) is 12.2. The van der Waals surface area contributed by atoms with Gasteiger partial charge in [0.25, 0.3) is 0 Å². The van der Waals surface area contributed by atoms with E-state index in [0.29, 0.717) is 6.54 Å². The molecule has 3 aromatic carbocycles. The summed E-state index contributed by atoms with van der Waals surface area (Å²) in [6.07, 6.45) is 0. The highest BCUT2D eigenvalue weighted by Crippen LogP contribution is 2.23. The zero-order chi connectivity index (χ0) is 17.1. The Labute approximate surface area is 147 Å². The van der Waals surface area contributed by atoms with Crippen LogP contribution in [0.1, 0.15) is 17.2 Å². The van der Waals surface area contributed by atoms with E-state index < -0.39 is 0 Å². The van der Waals surface area contributed by atoms with E-state index in [4.69, 9.17) is 0 Å². The topological polar surface area (TPSA) is 42.7 Å². The van der Waals surface area contributed by atoms with E-state index in [1.54, 1.807) is 0 Å². The van der Waals surface area contributed by atoms with Gasteiger partial charge in [0.2, 0.25) is 0 Å². The first-order valence-corrected chi connectivity index (χ1v) is 8.46. The fourth-order valence-electron chi connectivity index (χ4n) is 3.00. The van der Waals surface area contributed by atoms with E-state index in [1.165, 1.54) is 11.1 Å². The summed E-state index contributed by atoms with van der Waals surface area (Å²) in [6.45, 7) is 2.80. The maximum atomic E-state index is 4.34. The molecule has 1 aromatic heterocycles. The van der Waals surface area contributed by atoms with E-state index in [2.05, 4.69) is 77.1 Å². The summed E-state index contributed by atoms with van der Waals surface area (Å²) in [5.41, 5.74) is 5.55. The maximum Gasteiger partial charge on any atom is 0.113 e. The maximum absolute atomic E-state index is 4.34. The number of nitrogens with one attached hydrogen (secondary N) is 1. The zero-order valence-corrected chi connectivity index (χ0v) is 14.1. The van der Waals surface area contributed by atoms with Crippen molar-refractivity contribution in [2.75, 3.05) is 5.32 Å². The number of nitrogens with zero attached hydrogens (tertiary/aromatic N) is 3. The number of aromatic nitrogens is 3. The van der Waals surface area contributed by atoms with Gasteiger partial charge in [0, 0.05) is 5.69 Å². The van der Waals surface area contributed by atoms with Crippen molar-refractivity contribution < 1.29 is 0 Å². The third-order valence-electron chi connectivity index (χ3n) is 4.37. The van der Waals surface area contributed by atoms with Crippen molar-refractivity contribution in [2.24, 2.45) is 0 Å². The first kappa shape index (κ1) is 15.4. The molecular formula is C21H20N4. The molecule has 4 nitrogen and oxygen atoms in total. The molecule has 1 heterocycles. The molecule has 1 atom stereocenters. The van der Waals surface area contributed by atoms with Gasteiger partial charge in [0.15, 0.2) is 0 Å². The number of rotatable bonds is 5. The molecule has 0 radical (unpaired) electrons. The van der Waals surface area contributed by atoms with Gasteiger partial charge in [-0.3, -0.25) is 0 Å². The third-order valence-corrected chi connectivity index (χ3v) is 4.37. The molecule has 0 saturated heterocycles. The molecule has 1 unspecified atom stereocenters. The average molecular weight is 328 g/mol.